The Morgan fingerprint density at radius 1 is 0.313 bits per heavy atom. The van der Waals surface area contributed by atoms with Crippen LogP contribution in [0.15, 0.2) is 259 Å². The number of hydrogen-bond donors (Lipinski definition) is 0. The van der Waals surface area contributed by atoms with Gasteiger partial charge in [-0.1, -0.05) is 194 Å². The van der Waals surface area contributed by atoms with E-state index in [1.165, 1.54) is 54.8 Å². The van der Waals surface area contributed by atoms with Crippen LogP contribution < -0.4 is 4.90 Å². The minimum Gasteiger partial charge on any atom is -0.455 e. The van der Waals surface area contributed by atoms with Gasteiger partial charge in [-0.2, -0.15) is 0 Å². The van der Waals surface area contributed by atoms with E-state index in [2.05, 4.69) is 258 Å². The monoisotopic (exact) mass is 854 g/mol. The lowest BCUT2D eigenvalue weighted by Gasteiger charge is -2.28. The van der Waals surface area contributed by atoms with E-state index in [1.807, 2.05) is 6.07 Å². The summed E-state index contributed by atoms with van der Waals surface area (Å²) in [6.45, 7) is 0. The highest BCUT2D eigenvalue weighted by Crippen LogP contribution is 2.45. The topological polar surface area (TPSA) is 21.3 Å². The van der Waals surface area contributed by atoms with Gasteiger partial charge in [-0.15, -0.1) is 0 Å². The van der Waals surface area contributed by atoms with E-state index < -0.39 is 0 Å². The molecule has 0 saturated heterocycles. The quantitative estimate of drug-likeness (QED) is 0.152. The maximum absolute atomic E-state index is 6.64. The molecule has 0 fully saturated rings. The van der Waals surface area contributed by atoms with Gasteiger partial charge in [-0.25, -0.2) is 0 Å². The standard InChI is InChI=1S/C64H42N2O/c1-2-15-48-42-49(33-32-43(48)14-1)46-30-28-44(29-31-46)45-34-38-50(39-35-45)65(60-24-9-6-19-55(60)57-21-13-22-58-56-20-7-12-27-63(56)67-64(57)58)51-40-36-47(37-41-51)52-16-3-8-23-59(52)66-61-25-10-4-17-53(61)54-18-5-11-26-62(54)66/h1-42H. The van der Waals surface area contributed by atoms with Gasteiger partial charge in [0.15, 0.2) is 0 Å². The second kappa shape index (κ2) is 16.0. The van der Waals surface area contributed by atoms with E-state index in [1.54, 1.807) is 0 Å². The molecule has 0 N–H and O–H groups in total. The fraction of sp³-hybridized carbons (Fsp3) is 0. The van der Waals surface area contributed by atoms with Crippen molar-refractivity contribution in [1.82, 2.24) is 4.57 Å². The summed E-state index contributed by atoms with van der Waals surface area (Å²) in [6, 6.07) is 91.8. The summed E-state index contributed by atoms with van der Waals surface area (Å²) in [6.07, 6.45) is 0. The first kappa shape index (κ1) is 38.5. The third kappa shape index (κ3) is 6.59. The van der Waals surface area contributed by atoms with E-state index in [9.17, 15) is 0 Å². The Labute approximate surface area is 388 Å². The molecule has 2 aromatic heterocycles. The first-order valence-electron chi connectivity index (χ1n) is 22.9. The molecule has 314 valence electrons. The predicted octanol–water partition coefficient (Wildman–Crippen LogP) is 18.0. The predicted molar refractivity (Wildman–Crippen MR) is 282 cm³/mol. The maximum atomic E-state index is 6.64. The van der Waals surface area contributed by atoms with Crippen molar-refractivity contribution in [2.45, 2.75) is 0 Å². The van der Waals surface area contributed by atoms with Gasteiger partial charge >= 0.3 is 0 Å². The molecule has 0 aliphatic carbocycles. The van der Waals surface area contributed by atoms with Crippen LogP contribution >= 0.6 is 0 Å². The molecule has 0 spiro atoms. The molecule has 3 nitrogen and oxygen atoms in total. The van der Waals surface area contributed by atoms with Crippen molar-refractivity contribution in [3.8, 4) is 50.2 Å². The molecule has 0 bridgehead atoms. The number of nitrogens with zero attached hydrogens (tertiary/aromatic N) is 2. The zero-order chi connectivity index (χ0) is 44.3. The van der Waals surface area contributed by atoms with Crippen molar-refractivity contribution in [1.29, 1.82) is 0 Å². The average molecular weight is 855 g/mol. The summed E-state index contributed by atoms with van der Waals surface area (Å²) < 4.78 is 9.05. The third-order valence-corrected chi connectivity index (χ3v) is 13.4. The molecule has 13 rings (SSSR count). The zero-order valence-corrected chi connectivity index (χ0v) is 36.6. The fourth-order valence-electron chi connectivity index (χ4n) is 10.2. The molecule has 0 aliphatic rings. The fourth-order valence-corrected chi connectivity index (χ4v) is 10.2. The van der Waals surface area contributed by atoms with Gasteiger partial charge in [0.05, 0.1) is 22.4 Å². The Morgan fingerprint density at radius 2 is 0.806 bits per heavy atom. The normalized spacial score (nSPS) is 11.6. The minimum atomic E-state index is 0.885. The molecule has 0 atom stereocenters. The Hall–Kier alpha value is -8.92. The van der Waals surface area contributed by atoms with Gasteiger partial charge in [-0.3, -0.25) is 0 Å². The third-order valence-electron chi connectivity index (χ3n) is 13.4. The highest BCUT2D eigenvalue weighted by Gasteiger charge is 2.21. The Balaban J connectivity index is 0.918. The van der Waals surface area contributed by atoms with Crippen molar-refractivity contribution in [3.63, 3.8) is 0 Å². The molecule has 3 heteroatoms. The van der Waals surface area contributed by atoms with Gasteiger partial charge in [0.2, 0.25) is 0 Å². The molecular weight excluding hydrogens is 813 g/mol. The van der Waals surface area contributed by atoms with Crippen molar-refractivity contribution in [2.24, 2.45) is 0 Å². The van der Waals surface area contributed by atoms with Crippen LogP contribution in [0.1, 0.15) is 0 Å². The molecule has 0 aliphatic heterocycles. The summed E-state index contributed by atoms with van der Waals surface area (Å²) in [7, 11) is 0. The van der Waals surface area contributed by atoms with Gasteiger partial charge in [0.1, 0.15) is 11.2 Å². The molecule has 0 saturated carbocycles. The molecule has 67 heavy (non-hydrogen) atoms. The summed E-state index contributed by atoms with van der Waals surface area (Å²) >= 11 is 0. The highest BCUT2D eigenvalue weighted by atomic mass is 16.3. The number of benzene rings is 11. The van der Waals surface area contributed by atoms with Gasteiger partial charge in [0.25, 0.3) is 0 Å². The summed E-state index contributed by atoms with van der Waals surface area (Å²) in [5, 5.41) is 7.23. The number of para-hydroxylation sites is 6. The Morgan fingerprint density at radius 3 is 1.52 bits per heavy atom. The number of furan rings is 1. The number of fused-ring (bicyclic) bond motifs is 7. The number of anilines is 3. The summed E-state index contributed by atoms with van der Waals surface area (Å²) in [5.74, 6) is 0. The van der Waals surface area contributed by atoms with Crippen LogP contribution in [0.3, 0.4) is 0 Å². The van der Waals surface area contributed by atoms with E-state index in [-0.39, 0.29) is 0 Å². The number of aromatic nitrogens is 1. The molecule has 0 amide bonds. The van der Waals surface area contributed by atoms with Crippen molar-refractivity contribution < 1.29 is 4.42 Å². The molecular formula is C64H42N2O. The second-order valence-corrected chi connectivity index (χ2v) is 17.3. The minimum absolute atomic E-state index is 0.885. The average Bonchev–Trinajstić information content (AvgIpc) is 3.95. The van der Waals surface area contributed by atoms with Crippen LogP contribution in [0.5, 0.6) is 0 Å². The number of rotatable bonds is 8. The van der Waals surface area contributed by atoms with E-state index in [4.69, 9.17) is 4.42 Å². The molecule has 11 aromatic carbocycles. The van der Waals surface area contributed by atoms with Crippen molar-refractivity contribution in [3.05, 3.63) is 255 Å². The summed E-state index contributed by atoms with van der Waals surface area (Å²) in [5.41, 5.74) is 17.7. The lowest BCUT2D eigenvalue weighted by molar-refractivity contribution is 0.670. The van der Waals surface area contributed by atoms with Gasteiger partial charge in [0, 0.05) is 49.6 Å². The van der Waals surface area contributed by atoms with Crippen LogP contribution in [0.2, 0.25) is 0 Å². The Bertz CT molecular complexity index is 3920. The Kier molecular flexibility index (Phi) is 9.17. The van der Waals surface area contributed by atoms with Gasteiger partial charge < -0.3 is 13.9 Å². The first-order valence-corrected chi connectivity index (χ1v) is 22.9. The van der Waals surface area contributed by atoms with Crippen molar-refractivity contribution >= 4 is 71.6 Å². The molecule has 13 aromatic rings. The molecule has 0 radical (unpaired) electrons. The van der Waals surface area contributed by atoms with E-state index >= 15 is 0 Å². The second-order valence-electron chi connectivity index (χ2n) is 17.3. The molecule has 2 heterocycles. The lowest BCUT2D eigenvalue weighted by atomic mass is 9.97. The maximum Gasteiger partial charge on any atom is 0.143 e. The number of hydrogen-bond acceptors (Lipinski definition) is 2. The van der Waals surface area contributed by atoms with Crippen LogP contribution in [0.4, 0.5) is 17.1 Å². The highest BCUT2D eigenvalue weighted by molar-refractivity contribution is 6.11. The summed E-state index contributed by atoms with van der Waals surface area (Å²) in [4.78, 5) is 2.38. The molecule has 0 unspecified atom stereocenters. The van der Waals surface area contributed by atoms with Crippen LogP contribution in [-0.2, 0) is 0 Å². The zero-order valence-electron chi connectivity index (χ0n) is 36.6. The van der Waals surface area contributed by atoms with E-state index in [0.717, 1.165) is 66.9 Å². The van der Waals surface area contributed by atoms with E-state index in [0.29, 0.717) is 0 Å². The largest absolute Gasteiger partial charge is 0.455 e. The van der Waals surface area contributed by atoms with Crippen molar-refractivity contribution in [2.75, 3.05) is 4.90 Å². The van der Waals surface area contributed by atoms with Crippen LogP contribution in [-0.4, -0.2) is 4.57 Å². The lowest BCUT2D eigenvalue weighted by Crippen LogP contribution is -2.11. The SMILES string of the molecule is c1ccc(N(c2ccc(-c3ccc(-c4ccc5ccccc5c4)cc3)cc2)c2ccc(-c3ccccc3-n3c4ccccc4c4ccccc43)cc2)c(-c2cccc3c2oc2ccccc23)c1. The van der Waals surface area contributed by atoms with Gasteiger partial charge in [-0.05, 0) is 99.3 Å². The first-order chi connectivity index (χ1) is 33.2. The van der Waals surface area contributed by atoms with Crippen LogP contribution in [0.25, 0.3) is 105 Å². The van der Waals surface area contributed by atoms with Crippen LogP contribution in [0, 0.1) is 0 Å². The smallest absolute Gasteiger partial charge is 0.143 e.